The van der Waals surface area contributed by atoms with Gasteiger partial charge in [-0.3, -0.25) is 0 Å². The van der Waals surface area contributed by atoms with Gasteiger partial charge < -0.3 is 18.9 Å². The van der Waals surface area contributed by atoms with Crippen LogP contribution in [-0.2, 0) is 5.41 Å². The minimum Gasteiger partial charge on any atom is -0.456 e. The monoisotopic (exact) mass is 788 g/mol. The van der Waals surface area contributed by atoms with Crippen LogP contribution >= 0.6 is 0 Å². The first-order valence-electron chi connectivity index (χ1n) is 19.7. The normalized spacial score (nSPS) is 11.8. The molecule has 0 N–H and O–H groups in total. The highest BCUT2D eigenvalue weighted by molar-refractivity contribution is 5.86. The molecule has 0 spiro atoms. The molecule has 1 aliphatic rings. The van der Waals surface area contributed by atoms with E-state index in [-0.39, 0.29) is 11.1 Å². The molecule has 0 aromatic heterocycles. The Morgan fingerprint density at radius 1 is 0.377 bits per heavy atom. The predicted octanol–water partition coefficient (Wildman–Crippen LogP) is 14.2. The fourth-order valence-corrected chi connectivity index (χ4v) is 8.00. The number of nitriles is 2. The molecule has 6 nitrogen and oxygen atoms in total. The van der Waals surface area contributed by atoms with Crippen LogP contribution in [0, 0.1) is 22.7 Å². The predicted molar refractivity (Wildman–Crippen MR) is 239 cm³/mol. The van der Waals surface area contributed by atoms with Gasteiger partial charge in [-0.05, 0) is 117 Å². The summed E-state index contributed by atoms with van der Waals surface area (Å²) in [5, 5.41) is 20.5. The molecule has 8 aromatic carbocycles. The zero-order valence-electron chi connectivity index (χ0n) is 32.9. The van der Waals surface area contributed by atoms with Crippen LogP contribution in [0.5, 0.6) is 46.0 Å². The van der Waals surface area contributed by atoms with Gasteiger partial charge in [-0.25, -0.2) is 0 Å². The summed E-state index contributed by atoms with van der Waals surface area (Å²) < 4.78 is 25.0. The van der Waals surface area contributed by atoms with Gasteiger partial charge in [-0.1, -0.05) is 135 Å². The first kappa shape index (κ1) is 38.0. The van der Waals surface area contributed by atoms with E-state index < -0.39 is 5.41 Å². The number of nitrogens with zero attached hydrogens (tertiary/aromatic N) is 2. The van der Waals surface area contributed by atoms with Gasteiger partial charge in [-0.15, -0.1) is 0 Å². The molecule has 61 heavy (non-hydrogen) atoms. The Morgan fingerprint density at radius 3 is 1.00 bits per heavy atom. The van der Waals surface area contributed by atoms with Crippen LogP contribution in [0.1, 0.15) is 44.5 Å². The standard InChI is InChI=1S/C55H36N2O4/c1-3-37-19-27-41(28-20-37)58-51-15-9-17-53(47(51)35-56)60-43-31-23-39(24-32-43)55(49-13-7-5-11-45(49)46-12-6-8-14-50(46)55)40-25-33-44(34-26-40)61-54-18-10-16-52(48(54)36-57)59-42-29-21-38(4-2)22-30-42/h3-34H,1-2H2. The summed E-state index contributed by atoms with van der Waals surface area (Å²) in [4.78, 5) is 0. The van der Waals surface area contributed by atoms with E-state index in [1.165, 1.54) is 0 Å². The molecule has 0 radical (unpaired) electrons. The van der Waals surface area contributed by atoms with Crippen molar-refractivity contribution in [2.24, 2.45) is 0 Å². The number of fused-ring (bicyclic) bond motifs is 3. The zero-order valence-corrected chi connectivity index (χ0v) is 32.9. The molecule has 0 saturated heterocycles. The van der Waals surface area contributed by atoms with Crippen LogP contribution in [0.3, 0.4) is 0 Å². The van der Waals surface area contributed by atoms with E-state index in [2.05, 4.69) is 98.1 Å². The van der Waals surface area contributed by atoms with E-state index in [1.807, 2.05) is 84.9 Å². The van der Waals surface area contributed by atoms with Crippen molar-refractivity contribution in [1.29, 1.82) is 10.5 Å². The molecule has 1 aliphatic carbocycles. The Balaban J connectivity index is 1.05. The van der Waals surface area contributed by atoms with E-state index in [0.29, 0.717) is 46.0 Å². The first-order chi connectivity index (χ1) is 30.0. The van der Waals surface area contributed by atoms with Crippen molar-refractivity contribution < 1.29 is 18.9 Å². The topological polar surface area (TPSA) is 84.5 Å². The smallest absolute Gasteiger partial charge is 0.149 e. The quantitative estimate of drug-likeness (QED) is 0.123. The molecule has 0 heterocycles. The lowest BCUT2D eigenvalue weighted by Crippen LogP contribution is -2.28. The molecule has 0 atom stereocenters. The average Bonchev–Trinajstić information content (AvgIpc) is 3.61. The van der Waals surface area contributed by atoms with Crippen LogP contribution in [0.15, 0.2) is 195 Å². The maximum absolute atomic E-state index is 10.2. The van der Waals surface area contributed by atoms with Crippen molar-refractivity contribution in [2.45, 2.75) is 5.41 Å². The van der Waals surface area contributed by atoms with Gasteiger partial charge in [0.2, 0.25) is 0 Å². The minimum absolute atomic E-state index is 0.288. The Kier molecular flexibility index (Phi) is 10.2. The summed E-state index contributed by atoms with van der Waals surface area (Å²) in [6, 6.07) is 63.3. The Hall–Kier alpha value is -8.58. The van der Waals surface area contributed by atoms with Gasteiger partial charge in [0.1, 0.15) is 69.3 Å². The number of hydrogen-bond donors (Lipinski definition) is 0. The molecule has 0 unspecified atom stereocenters. The van der Waals surface area contributed by atoms with Gasteiger partial charge in [0, 0.05) is 0 Å². The summed E-state index contributed by atoms with van der Waals surface area (Å²) in [6.45, 7) is 7.62. The number of benzene rings is 8. The highest BCUT2D eigenvalue weighted by atomic mass is 16.5. The molecule has 290 valence electrons. The van der Waals surface area contributed by atoms with Crippen molar-refractivity contribution >= 4 is 12.2 Å². The number of rotatable bonds is 12. The first-order valence-corrected chi connectivity index (χ1v) is 19.7. The molecular formula is C55H36N2O4. The summed E-state index contributed by atoms with van der Waals surface area (Å²) in [5.41, 5.74) is 8.49. The lowest BCUT2D eigenvalue weighted by molar-refractivity contribution is 0.457. The molecule has 0 aliphatic heterocycles. The number of hydrogen-bond acceptors (Lipinski definition) is 6. The van der Waals surface area contributed by atoms with Crippen LogP contribution in [0.4, 0.5) is 0 Å². The summed E-state index contributed by atoms with van der Waals surface area (Å²) in [7, 11) is 0. The molecule has 0 fully saturated rings. The van der Waals surface area contributed by atoms with Crippen LogP contribution in [0.25, 0.3) is 23.3 Å². The SMILES string of the molecule is C=Cc1ccc(Oc2cccc(Oc3ccc(C4(c5ccc(Oc6cccc(Oc7ccc(C=C)cc7)c6C#N)cc5)c5ccccc5-c5ccccc54)cc3)c2C#N)cc1. The summed E-state index contributed by atoms with van der Waals surface area (Å²) >= 11 is 0. The third kappa shape index (κ3) is 7.05. The maximum Gasteiger partial charge on any atom is 0.149 e. The fourth-order valence-electron chi connectivity index (χ4n) is 8.00. The van der Waals surface area contributed by atoms with E-state index in [0.717, 1.165) is 44.5 Å². The second kappa shape index (κ2) is 16.3. The maximum atomic E-state index is 10.2. The molecule has 9 rings (SSSR count). The van der Waals surface area contributed by atoms with E-state index in [4.69, 9.17) is 18.9 Å². The van der Waals surface area contributed by atoms with Gasteiger partial charge in [0.25, 0.3) is 0 Å². The highest BCUT2D eigenvalue weighted by Gasteiger charge is 2.46. The van der Waals surface area contributed by atoms with E-state index >= 15 is 0 Å². The molecular weight excluding hydrogens is 753 g/mol. The van der Waals surface area contributed by atoms with Crippen LogP contribution in [0.2, 0.25) is 0 Å². The highest BCUT2D eigenvalue weighted by Crippen LogP contribution is 2.56. The van der Waals surface area contributed by atoms with Gasteiger partial charge in [-0.2, -0.15) is 10.5 Å². The van der Waals surface area contributed by atoms with Gasteiger partial charge in [0.15, 0.2) is 0 Å². The van der Waals surface area contributed by atoms with Gasteiger partial charge in [0.05, 0.1) is 5.41 Å². The average molecular weight is 789 g/mol. The Labute approximate surface area is 354 Å². The molecule has 8 aromatic rings. The third-order valence-corrected chi connectivity index (χ3v) is 10.9. The lowest BCUT2D eigenvalue weighted by Gasteiger charge is -2.34. The minimum atomic E-state index is -0.691. The van der Waals surface area contributed by atoms with Crippen molar-refractivity contribution in [2.75, 3.05) is 0 Å². The van der Waals surface area contributed by atoms with Crippen molar-refractivity contribution in [1.82, 2.24) is 0 Å². The third-order valence-electron chi connectivity index (χ3n) is 10.9. The summed E-state index contributed by atoms with van der Waals surface area (Å²) in [6.07, 6.45) is 3.53. The largest absolute Gasteiger partial charge is 0.456 e. The summed E-state index contributed by atoms with van der Waals surface area (Å²) in [5.74, 6) is 3.90. The number of ether oxygens (including phenoxy) is 4. The second-order valence-corrected chi connectivity index (χ2v) is 14.3. The van der Waals surface area contributed by atoms with E-state index in [1.54, 1.807) is 36.4 Å². The molecule has 0 bridgehead atoms. The lowest BCUT2D eigenvalue weighted by atomic mass is 9.68. The van der Waals surface area contributed by atoms with Crippen molar-refractivity contribution in [3.8, 4) is 69.3 Å². The Morgan fingerprint density at radius 2 is 0.689 bits per heavy atom. The van der Waals surface area contributed by atoms with Gasteiger partial charge >= 0.3 is 0 Å². The molecule has 0 amide bonds. The second-order valence-electron chi connectivity index (χ2n) is 14.3. The van der Waals surface area contributed by atoms with Crippen molar-refractivity contribution in [3.05, 3.63) is 240 Å². The zero-order chi connectivity index (χ0) is 41.8. The molecule has 0 saturated carbocycles. The molecule has 6 heteroatoms. The van der Waals surface area contributed by atoms with Crippen molar-refractivity contribution in [3.63, 3.8) is 0 Å². The van der Waals surface area contributed by atoms with Crippen LogP contribution in [-0.4, -0.2) is 0 Å². The Bertz CT molecular complexity index is 2800. The fraction of sp³-hybridized carbons (Fsp3) is 0.0182. The van der Waals surface area contributed by atoms with Crippen LogP contribution < -0.4 is 18.9 Å². The van der Waals surface area contributed by atoms with E-state index in [9.17, 15) is 10.5 Å².